The molecule has 1 aliphatic heterocycles. The molecule has 0 radical (unpaired) electrons. The topological polar surface area (TPSA) is 221 Å². The van der Waals surface area contributed by atoms with E-state index in [9.17, 15) is 38.9 Å². The van der Waals surface area contributed by atoms with Crippen molar-refractivity contribution >= 4 is 54.3 Å². The van der Waals surface area contributed by atoms with Gasteiger partial charge < -0.3 is 40.9 Å². The molecule has 0 aliphatic carbocycles. The van der Waals surface area contributed by atoms with Crippen LogP contribution in [0.4, 0.5) is 5.13 Å². The van der Waals surface area contributed by atoms with Crippen molar-refractivity contribution in [2.45, 2.75) is 18.4 Å². The number of para-hydroxylation sites is 1. The van der Waals surface area contributed by atoms with E-state index in [2.05, 4.69) is 15.6 Å². The van der Waals surface area contributed by atoms with Crippen molar-refractivity contribution < 1.29 is 43.5 Å². The van der Waals surface area contributed by atoms with E-state index in [0.717, 1.165) is 23.5 Å². The monoisotopic (exact) mass is 546 g/mol. The molecule has 2 aromatic carbocycles. The van der Waals surface area contributed by atoms with E-state index in [1.54, 1.807) is 6.07 Å². The van der Waals surface area contributed by atoms with Crippen LogP contribution in [0.3, 0.4) is 0 Å². The molecule has 8 N–H and O–H groups in total. The number of benzene rings is 2. The van der Waals surface area contributed by atoms with E-state index in [0.29, 0.717) is 5.56 Å². The third kappa shape index (κ3) is 5.82. The molecule has 37 heavy (non-hydrogen) atoms. The lowest BCUT2D eigenvalue weighted by Crippen LogP contribution is -2.55. The van der Waals surface area contributed by atoms with Crippen LogP contribution in [0.2, 0.25) is 0 Å². The molecule has 0 saturated heterocycles. The van der Waals surface area contributed by atoms with Gasteiger partial charge in [0.15, 0.2) is 5.13 Å². The van der Waals surface area contributed by atoms with Crippen LogP contribution < -0.4 is 26.3 Å². The van der Waals surface area contributed by atoms with Crippen LogP contribution in [-0.2, 0) is 15.8 Å². The number of thiazole rings is 1. The molecule has 0 bridgehead atoms. The SMILES string of the molecule is Nc1nc(C(=O)N[C@@H](C(=O)N[C@H]2Cc3cccc(C(=O)O)c3OB2O)c2ccc(P(=O)(O)O)cc2)cs1. The predicted octanol–water partition coefficient (Wildman–Crippen LogP) is -0.163. The van der Waals surface area contributed by atoms with Gasteiger partial charge in [0, 0.05) is 5.38 Å². The molecular formula is C21H20BN4O9PS. The second-order valence-electron chi connectivity index (χ2n) is 8.04. The number of hydrogen-bond acceptors (Lipinski definition) is 9. The summed E-state index contributed by atoms with van der Waals surface area (Å²) in [5, 5.41) is 26.2. The molecule has 0 saturated carbocycles. The Labute approximate surface area is 213 Å². The number of rotatable bonds is 7. The number of aromatic carboxylic acids is 1. The maximum absolute atomic E-state index is 13.3. The van der Waals surface area contributed by atoms with Gasteiger partial charge in [-0.15, -0.1) is 11.3 Å². The van der Waals surface area contributed by atoms with Gasteiger partial charge in [-0.05, 0) is 35.7 Å². The summed E-state index contributed by atoms with van der Waals surface area (Å²) in [6.45, 7) is 0. The van der Waals surface area contributed by atoms with Gasteiger partial charge in [0.25, 0.3) is 5.91 Å². The number of carboxylic acid groups (broad SMARTS) is 1. The summed E-state index contributed by atoms with van der Waals surface area (Å²) in [4.78, 5) is 60.1. The standard InChI is InChI=1S/C21H20BN4O9PS/c23-21-24-14(9-37-21)18(27)26-16(10-4-6-12(7-5-10)36(32,33)34)19(28)25-15-8-11-2-1-3-13(20(29)30)17(11)35-22(15)31/h1-7,9,15-16,31H,8H2,(H2,23,24)(H,25,28)(H,26,27)(H,29,30)(H2,32,33,34)/t15-,16+/m0/s1. The number of aromatic nitrogens is 1. The zero-order valence-electron chi connectivity index (χ0n) is 18.8. The number of fused-ring (bicyclic) bond motifs is 1. The number of nitrogens with one attached hydrogen (secondary N) is 2. The van der Waals surface area contributed by atoms with E-state index < -0.39 is 44.5 Å². The molecule has 13 nitrogen and oxygen atoms in total. The third-order valence-corrected chi connectivity index (χ3v) is 7.18. The highest BCUT2D eigenvalue weighted by Gasteiger charge is 2.39. The molecule has 2 heterocycles. The molecule has 1 aromatic heterocycles. The number of hydrogen-bond donors (Lipinski definition) is 7. The second-order valence-corrected chi connectivity index (χ2v) is 10.5. The Morgan fingerprint density at radius 3 is 2.49 bits per heavy atom. The van der Waals surface area contributed by atoms with Crippen LogP contribution in [0.5, 0.6) is 5.75 Å². The van der Waals surface area contributed by atoms with E-state index in [1.165, 1.54) is 29.6 Å². The van der Waals surface area contributed by atoms with E-state index >= 15 is 0 Å². The fraction of sp³-hybridized carbons (Fsp3) is 0.143. The minimum absolute atomic E-state index is 0.00741. The molecule has 2 atom stereocenters. The highest BCUT2D eigenvalue weighted by atomic mass is 32.1. The summed E-state index contributed by atoms with van der Waals surface area (Å²) in [6, 6.07) is 7.88. The van der Waals surface area contributed by atoms with Crippen LogP contribution >= 0.6 is 18.9 Å². The van der Waals surface area contributed by atoms with E-state index in [1.807, 2.05) is 0 Å². The summed E-state index contributed by atoms with van der Waals surface area (Å²) in [5.41, 5.74) is 6.03. The van der Waals surface area contributed by atoms with Gasteiger partial charge in [0.2, 0.25) is 5.91 Å². The van der Waals surface area contributed by atoms with Crippen molar-refractivity contribution in [2.75, 3.05) is 5.73 Å². The first-order chi connectivity index (χ1) is 17.4. The van der Waals surface area contributed by atoms with E-state index in [4.69, 9.17) is 10.4 Å². The van der Waals surface area contributed by atoms with Gasteiger partial charge >= 0.3 is 20.7 Å². The Hall–Kier alpha value is -3.75. The van der Waals surface area contributed by atoms with Crippen molar-refractivity contribution in [3.8, 4) is 5.75 Å². The largest absolute Gasteiger partial charge is 0.547 e. The minimum atomic E-state index is -4.55. The highest BCUT2D eigenvalue weighted by Crippen LogP contribution is 2.33. The smallest absolute Gasteiger partial charge is 0.534 e. The van der Waals surface area contributed by atoms with Gasteiger partial charge in [-0.25, -0.2) is 9.78 Å². The summed E-state index contributed by atoms with van der Waals surface area (Å²) < 4.78 is 16.9. The lowest BCUT2D eigenvalue weighted by molar-refractivity contribution is -0.123. The molecule has 1 aliphatic rings. The summed E-state index contributed by atoms with van der Waals surface area (Å²) in [7, 11) is -6.14. The number of carbonyl (C=O) groups excluding carboxylic acids is 2. The fourth-order valence-electron chi connectivity index (χ4n) is 3.74. The number of carboxylic acids is 1. The first-order valence-corrected chi connectivity index (χ1v) is 13.1. The molecule has 3 aromatic rings. The van der Waals surface area contributed by atoms with Crippen molar-refractivity contribution in [1.82, 2.24) is 15.6 Å². The van der Waals surface area contributed by atoms with Crippen molar-refractivity contribution in [3.63, 3.8) is 0 Å². The van der Waals surface area contributed by atoms with Crippen LogP contribution in [-0.4, -0.2) is 55.7 Å². The summed E-state index contributed by atoms with van der Waals surface area (Å²) in [6.07, 6.45) is 0.0315. The normalized spacial score (nSPS) is 15.8. The van der Waals surface area contributed by atoms with Crippen molar-refractivity contribution in [2.24, 2.45) is 0 Å². The van der Waals surface area contributed by atoms with Crippen molar-refractivity contribution in [1.29, 1.82) is 0 Å². The third-order valence-electron chi connectivity index (χ3n) is 5.53. The number of amides is 2. The number of nitrogens with two attached hydrogens (primary N) is 1. The zero-order valence-corrected chi connectivity index (χ0v) is 20.5. The summed E-state index contributed by atoms with van der Waals surface area (Å²) >= 11 is 1.02. The van der Waals surface area contributed by atoms with Gasteiger partial charge in [-0.2, -0.15) is 0 Å². The Bertz CT molecular complexity index is 1410. The van der Waals surface area contributed by atoms with Crippen LogP contribution in [0.15, 0.2) is 47.8 Å². The van der Waals surface area contributed by atoms with Gasteiger partial charge in [-0.1, -0.05) is 24.3 Å². The average Bonchev–Trinajstić information content (AvgIpc) is 3.28. The van der Waals surface area contributed by atoms with Gasteiger partial charge in [0.1, 0.15) is 17.5 Å². The lowest BCUT2D eigenvalue weighted by Gasteiger charge is -2.30. The van der Waals surface area contributed by atoms with Crippen LogP contribution in [0.25, 0.3) is 0 Å². The molecule has 16 heteroatoms. The van der Waals surface area contributed by atoms with Crippen LogP contribution in [0.1, 0.15) is 38.0 Å². The van der Waals surface area contributed by atoms with Crippen LogP contribution in [0, 0.1) is 0 Å². The predicted molar refractivity (Wildman–Crippen MR) is 132 cm³/mol. The Kier molecular flexibility index (Phi) is 7.34. The Morgan fingerprint density at radius 1 is 1.19 bits per heavy atom. The number of anilines is 1. The second kappa shape index (κ2) is 10.3. The molecule has 192 valence electrons. The molecular weight excluding hydrogens is 526 g/mol. The Morgan fingerprint density at radius 2 is 1.89 bits per heavy atom. The Balaban J connectivity index is 1.60. The van der Waals surface area contributed by atoms with Gasteiger partial charge in [0.05, 0.1) is 16.8 Å². The molecule has 4 rings (SSSR count). The maximum Gasteiger partial charge on any atom is 0.547 e. The number of carbonyl (C=O) groups is 3. The molecule has 0 unspecified atom stereocenters. The highest BCUT2D eigenvalue weighted by molar-refractivity contribution is 7.60. The molecule has 0 spiro atoms. The van der Waals surface area contributed by atoms with E-state index in [-0.39, 0.29) is 39.4 Å². The molecule has 2 amide bonds. The molecule has 0 fully saturated rings. The minimum Gasteiger partial charge on any atom is -0.534 e. The first kappa shape index (κ1) is 26.3. The zero-order chi connectivity index (χ0) is 26.9. The average molecular weight is 546 g/mol. The fourth-order valence-corrected chi connectivity index (χ4v) is 4.82. The quantitative estimate of drug-likeness (QED) is 0.152. The van der Waals surface area contributed by atoms with Gasteiger partial charge in [-0.3, -0.25) is 14.2 Å². The van der Waals surface area contributed by atoms with Crippen molar-refractivity contribution in [3.05, 3.63) is 70.2 Å². The number of nitrogen functional groups attached to an aromatic ring is 1. The first-order valence-electron chi connectivity index (χ1n) is 10.6. The number of nitrogens with zero attached hydrogens (tertiary/aromatic N) is 1. The maximum atomic E-state index is 13.3. The summed E-state index contributed by atoms with van der Waals surface area (Å²) in [5.74, 6) is -3.76. The lowest BCUT2D eigenvalue weighted by atomic mass is 9.72.